The maximum Gasteiger partial charge on any atom is 0.253 e. The van der Waals surface area contributed by atoms with E-state index in [0.717, 1.165) is 11.8 Å². The van der Waals surface area contributed by atoms with Crippen molar-refractivity contribution in [3.8, 4) is 11.5 Å². The van der Waals surface area contributed by atoms with Crippen LogP contribution < -0.4 is 15.0 Å². The van der Waals surface area contributed by atoms with Crippen LogP contribution in [0.15, 0.2) is 53.3 Å². The summed E-state index contributed by atoms with van der Waals surface area (Å²) in [4.78, 5) is 18.7. The van der Waals surface area contributed by atoms with Gasteiger partial charge in [-0.15, -0.1) is 5.10 Å². The van der Waals surface area contributed by atoms with Gasteiger partial charge in [0.15, 0.2) is 17.3 Å². The number of H-pyrrole nitrogens is 1. The van der Waals surface area contributed by atoms with E-state index in [1.807, 2.05) is 36.4 Å². The van der Waals surface area contributed by atoms with Gasteiger partial charge in [-0.1, -0.05) is 30.3 Å². The van der Waals surface area contributed by atoms with E-state index >= 15 is 0 Å². The zero-order valence-electron chi connectivity index (χ0n) is 19.2. The van der Waals surface area contributed by atoms with Gasteiger partial charge in [-0.2, -0.15) is 0 Å². The van der Waals surface area contributed by atoms with E-state index in [2.05, 4.69) is 37.5 Å². The number of aromatic nitrogens is 5. The lowest BCUT2D eigenvalue weighted by atomic mass is 10.0. The summed E-state index contributed by atoms with van der Waals surface area (Å²) in [6, 6.07) is 15.5. The van der Waals surface area contributed by atoms with Gasteiger partial charge in [0.25, 0.3) is 5.56 Å². The van der Waals surface area contributed by atoms with Gasteiger partial charge in [0, 0.05) is 36.7 Å². The Morgan fingerprint density at radius 2 is 1.74 bits per heavy atom. The van der Waals surface area contributed by atoms with E-state index in [1.165, 1.54) is 5.56 Å². The van der Waals surface area contributed by atoms with Crippen LogP contribution in [0.3, 0.4) is 0 Å². The standard InChI is InChI=1S/C25H26N6O4/c32-25-19(14-18-15-21-22(16-20(18)26-25)35-13-12-34-21)23(30-8-10-33-11-9-30)24-27-28-29-31(24)7-6-17-4-2-1-3-5-17/h1-5,14-16,23H,6-13H2,(H,26,32). The minimum atomic E-state index is -0.411. The highest BCUT2D eigenvalue weighted by Crippen LogP contribution is 2.35. The number of aryl methyl sites for hydroxylation is 2. The third-order valence-corrected chi connectivity index (χ3v) is 6.50. The minimum absolute atomic E-state index is 0.178. The summed E-state index contributed by atoms with van der Waals surface area (Å²) in [7, 11) is 0. The molecule has 4 aromatic rings. The fourth-order valence-corrected chi connectivity index (χ4v) is 4.74. The molecule has 0 radical (unpaired) electrons. The number of ether oxygens (including phenoxy) is 3. The molecular weight excluding hydrogens is 448 g/mol. The Morgan fingerprint density at radius 3 is 2.54 bits per heavy atom. The predicted octanol–water partition coefficient (Wildman–Crippen LogP) is 1.95. The zero-order chi connectivity index (χ0) is 23.6. The molecule has 180 valence electrons. The Bertz CT molecular complexity index is 1380. The van der Waals surface area contributed by atoms with Crippen LogP contribution in [0.1, 0.15) is 23.0 Å². The second-order valence-electron chi connectivity index (χ2n) is 8.68. The molecule has 0 bridgehead atoms. The number of benzene rings is 2. The van der Waals surface area contributed by atoms with Crippen LogP contribution in [0, 0.1) is 0 Å². The SMILES string of the molecule is O=c1[nH]c2cc3c(cc2cc1C(c1nnnn1CCc1ccccc1)N1CCOCC1)OCCO3. The summed E-state index contributed by atoms with van der Waals surface area (Å²) in [6.07, 6.45) is 0.784. The summed E-state index contributed by atoms with van der Waals surface area (Å²) < 4.78 is 18.8. The summed E-state index contributed by atoms with van der Waals surface area (Å²) in [6.45, 7) is 4.13. The highest BCUT2D eigenvalue weighted by Gasteiger charge is 2.31. The molecule has 0 aliphatic carbocycles. The number of rotatable bonds is 6. The average molecular weight is 475 g/mol. The van der Waals surface area contributed by atoms with Gasteiger partial charge in [0.2, 0.25) is 0 Å². The molecule has 2 aliphatic rings. The average Bonchev–Trinajstić information content (AvgIpc) is 3.36. The van der Waals surface area contributed by atoms with Crippen molar-refractivity contribution in [2.24, 2.45) is 0 Å². The number of fused-ring (bicyclic) bond motifs is 2. The lowest BCUT2D eigenvalue weighted by Gasteiger charge is -2.33. The van der Waals surface area contributed by atoms with E-state index in [-0.39, 0.29) is 5.56 Å². The van der Waals surface area contributed by atoms with Gasteiger partial charge in [-0.3, -0.25) is 9.69 Å². The summed E-state index contributed by atoms with van der Waals surface area (Å²) in [5.41, 5.74) is 2.31. The fourth-order valence-electron chi connectivity index (χ4n) is 4.74. The van der Waals surface area contributed by atoms with Crippen LogP contribution in [-0.4, -0.2) is 69.6 Å². The summed E-state index contributed by atoms with van der Waals surface area (Å²) >= 11 is 0. The molecule has 0 amide bonds. The van der Waals surface area contributed by atoms with Gasteiger partial charge in [-0.25, -0.2) is 4.68 Å². The van der Waals surface area contributed by atoms with Crippen molar-refractivity contribution in [2.45, 2.75) is 19.0 Å². The quantitative estimate of drug-likeness (QED) is 0.452. The molecule has 2 aromatic carbocycles. The molecule has 1 atom stereocenters. The monoisotopic (exact) mass is 474 g/mol. The molecule has 1 N–H and O–H groups in total. The van der Waals surface area contributed by atoms with Crippen molar-refractivity contribution in [2.75, 3.05) is 39.5 Å². The minimum Gasteiger partial charge on any atom is -0.486 e. The highest BCUT2D eigenvalue weighted by atomic mass is 16.6. The van der Waals surface area contributed by atoms with E-state index in [4.69, 9.17) is 14.2 Å². The maximum absolute atomic E-state index is 13.4. The number of hydrogen-bond donors (Lipinski definition) is 1. The number of hydrogen-bond acceptors (Lipinski definition) is 8. The van der Waals surface area contributed by atoms with E-state index in [9.17, 15) is 4.79 Å². The Balaban J connectivity index is 1.41. The number of aromatic amines is 1. The number of morpholine rings is 1. The zero-order valence-corrected chi connectivity index (χ0v) is 19.2. The van der Waals surface area contributed by atoms with Crippen LogP contribution in [0.4, 0.5) is 0 Å². The molecule has 10 nitrogen and oxygen atoms in total. The topological polar surface area (TPSA) is 107 Å². The van der Waals surface area contributed by atoms with Crippen LogP contribution >= 0.6 is 0 Å². The van der Waals surface area contributed by atoms with E-state index in [1.54, 1.807) is 4.68 Å². The normalized spacial score (nSPS) is 16.9. The summed E-state index contributed by atoms with van der Waals surface area (Å²) in [5, 5.41) is 13.5. The van der Waals surface area contributed by atoms with Crippen molar-refractivity contribution in [1.82, 2.24) is 30.1 Å². The molecule has 2 aromatic heterocycles. The summed E-state index contributed by atoms with van der Waals surface area (Å²) in [5.74, 6) is 1.96. The molecule has 35 heavy (non-hydrogen) atoms. The number of pyridine rings is 1. The fraction of sp³-hybridized carbons (Fsp3) is 0.360. The van der Waals surface area contributed by atoms with Gasteiger partial charge in [-0.05, 0) is 34.5 Å². The lowest BCUT2D eigenvalue weighted by Crippen LogP contribution is -2.42. The number of nitrogens with one attached hydrogen (secondary N) is 1. The van der Waals surface area contributed by atoms with Crippen LogP contribution in [0.5, 0.6) is 11.5 Å². The van der Waals surface area contributed by atoms with Crippen molar-refractivity contribution in [3.05, 3.63) is 75.8 Å². The first-order valence-electron chi connectivity index (χ1n) is 11.8. The first kappa shape index (κ1) is 21.8. The second-order valence-corrected chi connectivity index (χ2v) is 8.68. The molecule has 6 rings (SSSR count). The first-order chi connectivity index (χ1) is 17.3. The molecule has 0 spiro atoms. The van der Waals surface area contributed by atoms with Crippen molar-refractivity contribution < 1.29 is 14.2 Å². The molecule has 1 fully saturated rings. The molecule has 4 heterocycles. The van der Waals surface area contributed by atoms with E-state index in [0.29, 0.717) is 74.5 Å². The van der Waals surface area contributed by atoms with Gasteiger partial charge >= 0.3 is 0 Å². The van der Waals surface area contributed by atoms with Crippen molar-refractivity contribution >= 4 is 10.9 Å². The van der Waals surface area contributed by atoms with Crippen molar-refractivity contribution in [1.29, 1.82) is 0 Å². The van der Waals surface area contributed by atoms with Crippen LogP contribution in [-0.2, 0) is 17.7 Å². The molecule has 10 heteroatoms. The third kappa shape index (κ3) is 4.38. The maximum atomic E-state index is 13.4. The van der Waals surface area contributed by atoms with Crippen LogP contribution in [0.2, 0.25) is 0 Å². The highest BCUT2D eigenvalue weighted by molar-refractivity contribution is 5.83. The molecule has 1 saturated heterocycles. The smallest absolute Gasteiger partial charge is 0.253 e. The Labute approximate surface area is 201 Å². The second kappa shape index (κ2) is 9.47. The number of nitrogens with zero attached hydrogens (tertiary/aromatic N) is 5. The van der Waals surface area contributed by atoms with Gasteiger partial charge in [0.05, 0.1) is 18.7 Å². The van der Waals surface area contributed by atoms with E-state index < -0.39 is 6.04 Å². The molecule has 1 unspecified atom stereocenters. The molecular formula is C25H26N6O4. The first-order valence-corrected chi connectivity index (χ1v) is 11.8. The van der Waals surface area contributed by atoms with Gasteiger partial charge in [0.1, 0.15) is 19.3 Å². The van der Waals surface area contributed by atoms with Crippen molar-refractivity contribution in [3.63, 3.8) is 0 Å². The van der Waals surface area contributed by atoms with Gasteiger partial charge < -0.3 is 19.2 Å². The lowest BCUT2D eigenvalue weighted by molar-refractivity contribution is 0.0214. The predicted molar refractivity (Wildman–Crippen MR) is 128 cm³/mol. The van der Waals surface area contributed by atoms with Crippen LogP contribution in [0.25, 0.3) is 10.9 Å². The third-order valence-electron chi connectivity index (χ3n) is 6.50. The Hall–Kier alpha value is -3.76. The Kier molecular flexibility index (Phi) is 5.89. The Morgan fingerprint density at radius 1 is 0.971 bits per heavy atom. The number of tetrazole rings is 1. The molecule has 2 aliphatic heterocycles. The largest absolute Gasteiger partial charge is 0.486 e. The molecule has 0 saturated carbocycles.